The van der Waals surface area contributed by atoms with E-state index in [4.69, 9.17) is 0 Å². The van der Waals surface area contributed by atoms with Crippen molar-refractivity contribution in [3.63, 3.8) is 0 Å². The number of nitrogens with one attached hydrogen (secondary N) is 2. The van der Waals surface area contributed by atoms with Gasteiger partial charge in [-0.2, -0.15) is 5.10 Å². The molecule has 1 aliphatic heterocycles. The second kappa shape index (κ2) is 3.59. The highest BCUT2D eigenvalue weighted by molar-refractivity contribution is 8.09. The van der Waals surface area contributed by atoms with E-state index in [1.165, 1.54) is 11.9 Å². The van der Waals surface area contributed by atoms with E-state index in [0.717, 1.165) is 15.7 Å². The molecule has 1 aliphatic rings. The molecule has 0 spiro atoms. The second-order valence-electron chi connectivity index (χ2n) is 2.72. The number of hydrazine groups is 1. The molecule has 3 heterocycles. The van der Waals surface area contributed by atoms with Crippen molar-refractivity contribution in [3.05, 3.63) is 35.0 Å². The summed E-state index contributed by atoms with van der Waals surface area (Å²) < 4.78 is 1.83. The Morgan fingerprint density at radius 1 is 1.47 bits per heavy atom. The van der Waals surface area contributed by atoms with E-state index in [-0.39, 0.29) is 0 Å². The first-order valence-corrected chi connectivity index (χ1v) is 5.85. The standard InChI is InChI=1S/C8H6N5S2/c1-2-10-12-7(1)13-11-5-6(15-13)8-9-3-4-14-8/h1-4,11H,(H,10,12). The molecule has 2 aromatic rings. The maximum atomic E-state index is 4.22. The number of anilines is 1. The zero-order chi connectivity index (χ0) is 10.1. The van der Waals surface area contributed by atoms with Crippen molar-refractivity contribution >= 4 is 34.0 Å². The summed E-state index contributed by atoms with van der Waals surface area (Å²) in [6, 6.07) is 1.88. The summed E-state index contributed by atoms with van der Waals surface area (Å²) in [7, 11) is 0. The number of hydrogen-bond acceptors (Lipinski definition) is 6. The van der Waals surface area contributed by atoms with E-state index in [0.29, 0.717) is 0 Å². The number of thiazole rings is 1. The van der Waals surface area contributed by atoms with Crippen molar-refractivity contribution < 1.29 is 0 Å². The first-order valence-electron chi connectivity index (χ1n) is 4.20. The average Bonchev–Trinajstić information content (AvgIpc) is 3.02. The highest BCUT2D eigenvalue weighted by atomic mass is 32.2. The molecule has 2 N–H and O–H groups in total. The Bertz CT molecular complexity index is 461. The molecule has 0 atom stereocenters. The maximum Gasteiger partial charge on any atom is 0.180 e. The van der Waals surface area contributed by atoms with Crippen LogP contribution in [0.3, 0.4) is 0 Å². The molecule has 75 valence electrons. The van der Waals surface area contributed by atoms with Gasteiger partial charge in [0.25, 0.3) is 0 Å². The minimum absolute atomic E-state index is 0.819. The van der Waals surface area contributed by atoms with Crippen molar-refractivity contribution in [2.75, 3.05) is 4.41 Å². The number of H-pyrrole nitrogens is 1. The predicted octanol–water partition coefficient (Wildman–Crippen LogP) is 1.64. The fraction of sp³-hybridized carbons (Fsp3) is 0. The molecule has 2 aromatic heterocycles. The lowest BCUT2D eigenvalue weighted by Gasteiger charge is -2.11. The van der Waals surface area contributed by atoms with Crippen LogP contribution in [0.15, 0.2) is 23.8 Å². The minimum atomic E-state index is 0.819. The van der Waals surface area contributed by atoms with E-state index in [1.54, 1.807) is 23.7 Å². The Hall–Kier alpha value is -1.47. The molecular formula is C8H6N5S2. The number of aromatic nitrogens is 3. The van der Waals surface area contributed by atoms with Gasteiger partial charge in [-0.1, -0.05) is 0 Å². The van der Waals surface area contributed by atoms with Crippen molar-refractivity contribution in [1.29, 1.82) is 0 Å². The number of aromatic amines is 1. The lowest BCUT2D eigenvalue weighted by molar-refractivity contribution is 0.920. The Balaban J connectivity index is 1.78. The van der Waals surface area contributed by atoms with Crippen LogP contribution >= 0.6 is 23.3 Å². The monoisotopic (exact) mass is 236 g/mol. The first kappa shape index (κ1) is 8.81. The topological polar surface area (TPSA) is 56.8 Å². The Morgan fingerprint density at radius 2 is 2.47 bits per heavy atom. The first-order chi connectivity index (χ1) is 7.43. The van der Waals surface area contributed by atoms with Crippen LogP contribution in [0.5, 0.6) is 0 Å². The Labute approximate surface area is 94.3 Å². The quantitative estimate of drug-likeness (QED) is 0.776. The van der Waals surface area contributed by atoms with Gasteiger partial charge in [-0.15, -0.1) is 11.3 Å². The Kier molecular flexibility index (Phi) is 2.11. The molecule has 0 unspecified atom stereocenters. The zero-order valence-electron chi connectivity index (χ0n) is 7.47. The summed E-state index contributed by atoms with van der Waals surface area (Å²) >= 11 is 3.11. The molecule has 0 fully saturated rings. The highest BCUT2D eigenvalue weighted by Gasteiger charge is 2.20. The largest absolute Gasteiger partial charge is 0.284 e. The van der Waals surface area contributed by atoms with Gasteiger partial charge in [0, 0.05) is 35.8 Å². The predicted molar refractivity (Wildman–Crippen MR) is 60.6 cm³/mol. The van der Waals surface area contributed by atoms with Crippen LogP contribution in [0.25, 0.3) is 4.91 Å². The Morgan fingerprint density at radius 3 is 3.20 bits per heavy atom. The molecule has 0 aromatic carbocycles. The normalized spacial score (nSPS) is 15.2. The summed E-state index contributed by atoms with van der Waals surface area (Å²) in [4.78, 5) is 5.20. The van der Waals surface area contributed by atoms with E-state index in [2.05, 4.69) is 26.8 Å². The number of rotatable bonds is 2. The van der Waals surface area contributed by atoms with Gasteiger partial charge in [0.2, 0.25) is 0 Å². The van der Waals surface area contributed by atoms with E-state index in [1.807, 2.05) is 15.9 Å². The lowest BCUT2D eigenvalue weighted by Crippen LogP contribution is -2.23. The third-order valence-electron chi connectivity index (χ3n) is 1.77. The van der Waals surface area contributed by atoms with Gasteiger partial charge >= 0.3 is 0 Å². The number of hydrogen-bond donors (Lipinski definition) is 2. The summed E-state index contributed by atoms with van der Waals surface area (Å²) in [5, 5.41) is 9.73. The summed E-state index contributed by atoms with van der Waals surface area (Å²) in [6.45, 7) is 0. The fourth-order valence-electron chi connectivity index (χ4n) is 1.14. The molecule has 0 amide bonds. The molecule has 1 radical (unpaired) electrons. The van der Waals surface area contributed by atoms with Gasteiger partial charge in [-0.05, 0) is 0 Å². The van der Waals surface area contributed by atoms with E-state index >= 15 is 0 Å². The molecule has 7 heteroatoms. The second-order valence-corrected chi connectivity index (χ2v) is 4.57. The van der Waals surface area contributed by atoms with Gasteiger partial charge in [0.1, 0.15) is 11.2 Å². The van der Waals surface area contributed by atoms with Crippen molar-refractivity contribution in [2.24, 2.45) is 0 Å². The molecule has 3 rings (SSSR count). The van der Waals surface area contributed by atoms with Crippen LogP contribution in [0.1, 0.15) is 5.01 Å². The summed E-state index contributed by atoms with van der Waals surface area (Å²) in [6.07, 6.45) is 6.61. The van der Waals surface area contributed by atoms with Crippen molar-refractivity contribution in [1.82, 2.24) is 20.6 Å². The summed E-state index contributed by atoms with van der Waals surface area (Å²) in [5.41, 5.74) is 2.99. The zero-order valence-corrected chi connectivity index (χ0v) is 9.10. The maximum absolute atomic E-state index is 4.22. The van der Waals surface area contributed by atoms with Crippen LogP contribution in [0, 0.1) is 6.20 Å². The van der Waals surface area contributed by atoms with Gasteiger partial charge in [-0.25, -0.2) is 9.40 Å². The molecule has 0 bridgehead atoms. The van der Waals surface area contributed by atoms with Crippen LogP contribution in [-0.2, 0) is 0 Å². The molecular weight excluding hydrogens is 230 g/mol. The van der Waals surface area contributed by atoms with Gasteiger partial charge in [-0.3, -0.25) is 10.5 Å². The fourth-order valence-corrected chi connectivity index (χ4v) is 2.61. The smallest absolute Gasteiger partial charge is 0.180 e. The van der Waals surface area contributed by atoms with Gasteiger partial charge in [0.05, 0.1) is 4.91 Å². The SMILES string of the molecule is [C]1=C(c2nccs2)SN(c2cc[nH]n2)N1. The van der Waals surface area contributed by atoms with Crippen molar-refractivity contribution in [2.45, 2.75) is 0 Å². The van der Waals surface area contributed by atoms with E-state index in [9.17, 15) is 0 Å². The molecule has 0 saturated carbocycles. The molecule has 0 saturated heterocycles. The third kappa shape index (κ3) is 1.59. The van der Waals surface area contributed by atoms with Gasteiger partial charge in [0.15, 0.2) is 5.82 Å². The third-order valence-corrected chi connectivity index (χ3v) is 3.63. The minimum Gasteiger partial charge on any atom is -0.284 e. The van der Waals surface area contributed by atoms with Gasteiger partial charge < -0.3 is 0 Å². The van der Waals surface area contributed by atoms with Crippen LogP contribution < -0.4 is 9.84 Å². The van der Waals surface area contributed by atoms with Crippen LogP contribution in [-0.4, -0.2) is 15.2 Å². The average molecular weight is 236 g/mol. The molecule has 5 nitrogen and oxygen atoms in total. The summed E-state index contributed by atoms with van der Waals surface area (Å²) in [5.74, 6) is 0.819. The highest BCUT2D eigenvalue weighted by Crippen LogP contribution is 2.35. The van der Waals surface area contributed by atoms with Crippen molar-refractivity contribution in [3.8, 4) is 0 Å². The van der Waals surface area contributed by atoms with Crippen LogP contribution in [0.2, 0.25) is 0 Å². The number of nitrogens with zero attached hydrogens (tertiary/aromatic N) is 3. The molecule has 0 aliphatic carbocycles. The lowest BCUT2D eigenvalue weighted by atomic mass is 10.6. The molecule has 15 heavy (non-hydrogen) atoms. The van der Waals surface area contributed by atoms with Crippen LogP contribution in [0.4, 0.5) is 5.82 Å². The van der Waals surface area contributed by atoms with E-state index < -0.39 is 0 Å².